The Morgan fingerprint density at radius 1 is 1.05 bits per heavy atom. The molecule has 1 heterocycles. The first-order valence-corrected chi connectivity index (χ1v) is 6.95. The van der Waals surface area contributed by atoms with E-state index in [0.717, 1.165) is 17.4 Å². The summed E-state index contributed by atoms with van der Waals surface area (Å²) in [6.07, 6.45) is 3.96. The minimum atomic E-state index is -0.186. The lowest BCUT2D eigenvalue weighted by Crippen LogP contribution is -2.14. The monoisotopic (exact) mass is 300 g/mol. The average Bonchev–Trinajstić information content (AvgIpc) is 2.52. The number of methoxy groups -OCH3 is 2. The van der Waals surface area contributed by atoms with Gasteiger partial charge in [0.2, 0.25) is 5.88 Å². The summed E-state index contributed by atoms with van der Waals surface area (Å²) in [7, 11) is 3.11. The quantitative estimate of drug-likeness (QED) is 0.811. The zero-order valence-electron chi connectivity index (χ0n) is 13.5. The molecule has 0 atom stereocenters. The molecule has 1 aromatic carbocycles. The summed E-state index contributed by atoms with van der Waals surface area (Å²) in [5, 5.41) is 0. The number of ether oxygens (including phenoxy) is 2. The van der Waals surface area contributed by atoms with Crippen LogP contribution in [0.2, 0.25) is 0 Å². The molecule has 0 aliphatic heterocycles. The highest BCUT2D eigenvalue weighted by Gasteiger charge is 2.23. The lowest BCUT2D eigenvalue weighted by atomic mass is 9.83. The molecule has 0 saturated heterocycles. The van der Waals surface area contributed by atoms with Crippen molar-refractivity contribution in [2.45, 2.75) is 26.2 Å². The van der Waals surface area contributed by atoms with Crippen LogP contribution >= 0.6 is 0 Å². The van der Waals surface area contributed by atoms with Crippen molar-refractivity contribution in [1.29, 1.82) is 0 Å². The first kappa shape index (κ1) is 15.9. The van der Waals surface area contributed by atoms with E-state index in [4.69, 9.17) is 9.47 Å². The summed E-state index contributed by atoms with van der Waals surface area (Å²) in [5.41, 5.74) is 2.60. The van der Waals surface area contributed by atoms with Crippen LogP contribution in [-0.2, 0) is 5.41 Å². The molecule has 0 amide bonds. The van der Waals surface area contributed by atoms with Crippen LogP contribution < -0.4 is 9.47 Å². The molecule has 0 bridgehead atoms. The van der Waals surface area contributed by atoms with Gasteiger partial charge in [-0.15, -0.1) is 0 Å². The van der Waals surface area contributed by atoms with Crippen LogP contribution in [0.15, 0.2) is 24.5 Å². The van der Waals surface area contributed by atoms with Crippen LogP contribution in [0.3, 0.4) is 0 Å². The molecule has 116 valence electrons. The Bertz CT molecular complexity index is 691. The maximum Gasteiger partial charge on any atom is 0.240 e. The Hall–Kier alpha value is -2.43. The maximum absolute atomic E-state index is 11.5. The molecule has 5 nitrogen and oxygen atoms in total. The minimum absolute atomic E-state index is 0.186. The van der Waals surface area contributed by atoms with Gasteiger partial charge in [-0.25, -0.2) is 9.97 Å². The number of nitrogens with zero attached hydrogens (tertiary/aromatic N) is 2. The number of hydrogen-bond donors (Lipinski definition) is 0. The molecule has 0 spiro atoms. The van der Waals surface area contributed by atoms with Gasteiger partial charge in [-0.2, -0.15) is 0 Å². The van der Waals surface area contributed by atoms with Crippen molar-refractivity contribution in [3.8, 4) is 22.9 Å². The van der Waals surface area contributed by atoms with Crippen molar-refractivity contribution < 1.29 is 14.3 Å². The van der Waals surface area contributed by atoms with Crippen LogP contribution in [0.1, 0.15) is 36.7 Å². The van der Waals surface area contributed by atoms with Crippen LogP contribution in [-0.4, -0.2) is 30.5 Å². The highest BCUT2D eigenvalue weighted by atomic mass is 16.5. The van der Waals surface area contributed by atoms with E-state index in [1.54, 1.807) is 32.7 Å². The molecular weight excluding hydrogens is 280 g/mol. The molecule has 0 radical (unpaired) electrons. The van der Waals surface area contributed by atoms with Crippen molar-refractivity contribution in [3.05, 3.63) is 35.7 Å². The molecular formula is C17H20N2O3. The van der Waals surface area contributed by atoms with Crippen molar-refractivity contribution in [1.82, 2.24) is 9.97 Å². The number of aromatic nitrogens is 2. The van der Waals surface area contributed by atoms with Crippen LogP contribution in [0.5, 0.6) is 11.6 Å². The van der Waals surface area contributed by atoms with E-state index in [9.17, 15) is 4.79 Å². The molecule has 22 heavy (non-hydrogen) atoms. The van der Waals surface area contributed by atoms with Gasteiger partial charge in [-0.05, 0) is 17.5 Å². The minimum Gasteiger partial charge on any atom is -0.496 e. The molecule has 0 aliphatic rings. The molecule has 0 fully saturated rings. The lowest BCUT2D eigenvalue weighted by molar-refractivity contribution is 0.112. The van der Waals surface area contributed by atoms with E-state index in [2.05, 4.69) is 30.7 Å². The average molecular weight is 300 g/mol. The number of benzene rings is 1. The smallest absolute Gasteiger partial charge is 0.240 e. The Labute approximate surface area is 130 Å². The van der Waals surface area contributed by atoms with Gasteiger partial charge in [0.1, 0.15) is 11.4 Å². The Morgan fingerprint density at radius 3 is 2.27 bits per heavy atom. The summed E-state index contributed by atoms with van der Waals surface area (Å²) in [6.45, 7) is 6.20. The Kier molecular flexibility index (Phi) is 4.45. The lowest BCUT2D eigenvalue weighted by Gasteiger charge is -2.24. The number of carbonyl (C=O) groups excluding carboxylic acids is 1. The van der Waals surface area contributed by atoms with Crippen molar-refractivity contribution in [2.24, 2.45) is 0 Å². The highest BCUT2D eigenvalue weighted by Crippen LogP contribution is 2.38. The summed E-state index contributed by atoms with van der Waals surface area (Å²) >= 11 is 0. The van der Waals surface area contributed by atoms with Gasteiger partial charge in [0.05, 0.1) is 19.8 Å². The van der Waals surface area contributed by atoms with E-state index >= 15 is 0 Å². The van der Waals surface area contributed by atoms with Crippen LogP contribution in [0, 0.1) is 0 Å². The second-order valence-electron chi connectivity index (χ2n) is 5.93. The maximum atomic E-state index is 11.5. The summed E-state index contributed by atoms with van der Waals surface area (Å²) < 4.78 is 10.7. The Morgan fingerprint density at radius 2 is 1.73 bits per heavy atom. The van der Waals surface area contributed by atoms with Crippen molar-refractivity contribution >= 4 is 6.29 Å². The van der Waals surface area contributed by atoms with Crippen molar-refractivity contribution in [2.75, 3.05) is 14.2 Å². The number of aldehydes is 1. The summed E-state index contributed by atoms with van der Waals surface area (Å²) in [5.74, 6) is 1.01. The van der Waals surface area contributed by atoms with E-state index in [1.807, 2.05) is 6.07 Å². The van der Waals surface area contributed by atoms with Crippen molar-refractivity contribution in [3.63, 3.8) is 0 Å². The predicted molar refractivity (Wildman–Crippen MR) is 84.7 cm³/mol. The van der Waals surface area contributed by atoms with E-state index < -0.39 is 0 Å². The molecule has 0 aliphatic carbocycles. The summed E-state index contributed by atoms with van der Waals surface area (Å²) in [6, 6.07) is 3.71. The molecule has 5 heteroatoms. The number of hydrogen-bond acceptors (Lipinski definition) is 5. The zero-order chi connectivity index (χ0) is 16.3. The molecule has 2 aromatic rings. The van der Waals surface area contributed by atoms with Gasteiger partial charge < -0.3 is 9.47 Å². The zero-order valence-corrected chi connectivity index (χ0v) is 13.5. The SMILES string of the molecule is COc1nccnc1-c1cc(C=O)c(OC)c(C(C)(C)C)c1. The third kappa shape index (κ3) is 2.93. The van der Waals surface area contributed by atoms with Gasteiger partial charge in [-0.1, -0.05) is 20.8 Å². The first-order chi connectivity index (χ1) is 10.4. The van der Waals surface area contributed by atoms with E-state index in [-0.39, 0.29) is 5.41 Å². The predicted octanol–water partition coefficient (Wildman–Crippen LogP) is 3.27. The molecule has 0 unspecified atom stereocenters. The number of carbonyl (C=O) groups is 1. The molecule has 0 saturated carbocycles. The summed E-state index contributed by atoms with van der Waals surface area (Å²) in [4.78, 5) is 19.9. The van der Waals surface area contributed by atoms with Gasteiger partial charge in [0, 0.05) is 23.5 Å². The topological polar surface area (TPSA) is 61.3 Å². The second kappa shape index (κ2) is 6.13. The first-order valence-electron chi connectivity index (χ1n) is 6.95. The third-order valence-electron chi connectivity index (χ3n) is 3.39. The van der Waals surface area contributed by atoms with Crippen LogP contribution in [0.25, 0.3) is 11.3 Å². The fourth-order valence-corrected chi connectivity index (χ4v) is 2.33. The van der Waals surface area contributed by atoms with Gasteiger partial charge >= 0.3 is 0 Å². The third-order valence-corrected chi connectivity index (χ3v) is 3.39. The number of rotatable bonds is 4. The molecule has 0 N–H and O–H groups in total. The van der Waals surface area contributed by atoms with Gasteiger partial charge in [0.25, 0.3) is 0 Å². The molecule has 1 aromatic heterocycles. The molecule has 2 rings (SSSR count). The Balaban J connectivity index is 2.76. The van der Waals surface area contributed by atoms with E-state index in [0.29, 0.717) is 22.9 Å². The fraction of sp³-hybridized carbons (Fsp3) is 0.353. The second-order valence-corrected chi connectivity index (χ2v) is 5.93. The van der Waals surface area contributed by atoms with Gasteiger partial charge in [-0.3, -0.25) is 4.79 Å². The highest BCUT2D eigenvalue weighted by molar-refractivity contribution is 5.84. The van der Waals surface area contributed by atoms with E-state index in [1.165, 1.54) is 0 Å². The normalized spacial score (nSPS) is 11.1. The van der Waals surface area contributed by atoms with Crippen LogP contribution in [0.4, 0.5) is 0 Å². The fourth-order valence-electron chi connectivity index (χ4n) is 2.33. The standard InChI is InChI=1S/C17H20N2O3/c1-17(2,3)13-9-11(8-12(10-20)15(13)21-4)14-16(22-5)19-7-6-18-14/h6-10H,1-5H3. The van der Waals surface area contributed by atoms with Gasteiger partial charge in [0.15, 0.2) is 6.29 Å². The largest absolute Gasteiger partial charge is 0.496 e.